The highest BCUT2D eigenvalue weighted by Gasteiger charge is 2.46. The molecule has 0 bridgehead atoms. The van der Waals surface area contributed by atoms with Gasteiger partial charge in [0, 0.05) is 12.8 Å². The van der Waals surface area contributed by atoms with Gasteiger partial charge >= 0.3 is 6.03 Å². The van der Waals surface area contributed by atoms with Crippen molar-refractivity contribution in [3.63, 3.8) is 0 Å². The molecule has 2 rings (SSSR count). The predicted octanol–water partition coefficient (Wildman–Crippen LogP) is 2.18. The molecule has 1 aromatic carbocycles. The minimum Gasteiger partial charge on any atom is -0.493 e. The van der Waals surface area contributed by atoms with Crippen molar-refractivity contribution in [1.82, 2.24) is 9.80 Å². The minimum absolute atomic E-state index is 0.0104. The third-order valence-corrected chi connectivity index (χ3v) is 3.86. The average molecular weight is 360 g/mol. The van der Waals surface area contributed by atoms with Gasteiger partial charge in [0.2, 0.25) is 11.8 Å². The van der Waals surface area contributed by atoms with Gasteiger partial charge < -0.3 is 9.47 Å². The maximum atomic E-state index is 12.6. The molecule has 0 spiro atoms. The van der Waals surface area contributed by atoms with E-state index in [-0.39, 0.29) is 18.5 Å². The highest BCUT2D eigenvalue weighted by atomic mass is 16.5. The van der Waals surface area contributed by atoms with E-state index < -0.39 is 23.8 Å². The maximum absolute atomic E-state index is 12.6. The molecule has 5 amide bonds. The fourth-order valence-corrected chi connectivity index (χ4v) is 2.50. The van der Waals surface area contributed by atoms with Gasteiger partial charge in [0.25, 0.3) is 5.91 Å². The first kappa shape index (κ1) is 19.2. The molecule has 0 radical (unpaired) electrons. The lowest BCUT2D eigenvalue weighted by molar-refractivity contribution is -0.137. The molecule has 0 unspecified atom stereocenters. The molecule has 8 nitrogen and oxygen atoms in total. The lowest BCUT2D eigenvalue weighted by Crippen LogP contribution is -2.39. The normalized spacial score (nSPS) is 15.6. The van der Waals surface area contributed by atoms with Crippen LogP contribution in [0.25, 0.3) is 6.08 Å². The largest absolute Gasteiger partial charge is 0.493 e. The summed E-state index contributed by atoms with van der Waals surface area (Å²) in [6.07, 6.45) is 1.35. The Morgan fingerprint density at radius 2 is 1.54 bits per heavy atom. The number of hydrogen-bond donors (Lipinski definition) is 0. The molecule has 1 heterocycles. The van der Waals surface area contributed by atoms with Crippen LogP contribution in [0.2, 0.25) is 0 Å². The smallest absolute Gasteiger partial charge is 0.345 e. The van der Waals surface area contributed by atoms with Gasteiger partial charge in [-0.05, 0) is 23.8 Å². The predicted molar refractivity (Wildman–Crippen MR) is 92.2 cm³/mol. The topological polar surface area (TPSA) is 93.2 Å². The number of carbonyl (C=O) groups is 4. The third-order valence-electron chi connectivity index (χ3n) is 3.86. The summed E-state index contributed by atoms with van der Waals surface area (Å²) in [4.78, 5) is 50.4. The monoisotopic (exact) mass is 360 g/mol. The Hall–Kier alpha value is -3.16. The Balaban J connectivity index is 2.54. The lowest BCUT2D eigenvalue weighted by Gasteiger charge is -2.13. The van der Waals surface area contributed by atoms with Gasteiger partial charge in [0.1, 0.15) is 5.70 Å². The highest BCUT2D eigenvalue weighted by molar-refractivity contribution is 6.26. The van der Waals surface area contributed by atoms with Crippen molar-refractivity contribution in [2.45, 2.75) is 26.7 Å². The molecule has 26 heavy (non-hydrogen) atoms. The molecule has 0 atom stereocenters. The van der Waals surface area contributed by atoms with Crippen molar-refractivity contribution in [3.05, 3.63) is 29.5 Å². The van der Waals surface area contributed by atoms with Crippen LogP contribution in [0.3, 0.4) is 0 Å². The number of rotatable bonds is 5. The number of carbonyl (C=O) groups excluding carboxylic acids is 4. The Labute approximate surface area is 151 Å². The van der Waals surface area contributed by atoms with Crippen molar-refractivity contribution in [2.24, 2.45) is 0 Å². The first-order valence-corrected chi connectivity index (χ1v) is 8.07. The zero-order valence-corrected chi connectivity index (χ0v) is 15.1. The molecule has 0 aliphatic carbocycles. The van der Waals surface area contributed by atoms with E-state index in [4.69, 9.17) is 9.47 Å². The van der Waals surface area contributed by atoms with E-state index in [2.05, 4.69) is 0 Å². The standard InChI is InChI=1S/C18H20N2O6/c1-5-15(21)19-12(17(23)20(18(19)24)16(22)6-2)9-11-7-8-13(25-3)14(10-11)26-4/h7-10H,5-6H2,1-4H3/b12-9-. The fraction of sp³-hybridized carbons (Fsp3) is 0.333. The van der Waals surface area contributed by atoms with Crippen molar-refractivity contribution < 1.29 is 28.7 Å². The summed E-state index contributed by atoms with van der Waals surface area (Å²) in [5.41, 5.74) is 0.342. The van der Waals surface area contributed by atoms with Gasteiger partial charge in [0.05, 0.1) is 14.2 Å². The lowest BCUT2D eigenvalue weighted by atomic mass is 10.1. The Morgan fingerprint density at radius 3 is 2.08 bits per heavy atom. The second kappa shape index (κ2) is 7.81. The van der Waals surface area contributed by atoms with E-state index in [1.165, 1.54) is 27.2 Å². The van der Waals surface area contributed by atoms with Crippen LogP contribution < -0.4 is 9.47 Å². The van der Waals surface area contributed by atoms with Crippen molar-refractivity contribution in [3.8, 4) is 11.5 Å². The second-order valence-corrected chi connectivity index (χ2v) is 5.40. The van der Waals surface area contributed by atoms with E-state index in [9.17, 15) is 19.2 Å². The summed E-state index contributed by atoms with van der Waals surface area (Å²) in [5, 5.41) is 0. The summed E-state index contributed by atoms with van der Waals surface area (Å²) in [6, 6.07) is 3.93. The maximum Gasteiger partial charge on any atom is 0.345 e. The quantitative estimate of drug-likeness (QED) is 0.590. The molecule has 0 N–H and O–H groups in total. The molecular weight excluding hydrogens is 340 g/mol. The molecule has 0 saturated carbocycles. The summed E-state index contributed by atoms with van der Waals surface area (Å²) >= 11 is 0. The van der Waals surface area contributed by atoms with Crippen LogP contribution in [0.4, 0.5) is 4.79 Å². The van der Waals surface area contributed by atoms with Crippen LogP contribution >= 0.6 is 0 Å². The van der Waals surface area contributed by atoms with Crippen LogP contribution in [0.5, 0.6) is 11.5 Å². The fourth-order valence-electron chi connectivity index (χ4n) is 2.50. The number of ether oxygens (including phenoxy) is 2. The molecule has 0 aromatic heterocycles. The van der Waals surface area contributed by atoms with Crippen molar-refractivity contribution in [2.75, 3.05) is 14.2 Å². The van der Waals surface area contributed by atoms with Crippen LogP contribution in [0, 0.1) is 0 Å². The first-order valence-electron chi connectivity index (χ1n) is 8.07. The van der Waals surface area contributed by atoms with Gasteiger partial charge in [-0.2, -0.15) is 4.90 Å². The van der Waals surface area contributed by atoms with Crippen molar-refractivity contribution >= 4 is 29.8 Å². The zero-order valence-electron chi connectivity index (χ0n) is 15.1. The summed E-state index contributed by atoms with van der Waals surface area (Å²) in [5.74, 6) is -1.13. The number of hydrogen-bond acceptors (Lipinski definition) is 6. The van der Waals surface area contributed by atoms with Gasteiger partial charge in [-0.15, -0.1) is 0 Å². The number of amides is 5. The van der Waals surface area contributed by atoms with E-state index in [0.717, 1.165) is 4.90 Å². The number of nitrogens with zero attached hydrogens (tertiary/aromatic N) is 2. The summed E-state index contributed by atoms with van der Waals surface area (Å²) in [7, 11) is 2.96. The highest BCUT2D eigenvalue weighted by Crippen LogP contribution is 2.30. The Morgan fingerprint density at radius 1 is 0.962 bits per heavy atom. The van der Waals surface area contributed by atoms with Crippen LogP contribution in [-0.2, 0) is 14.4 Å². The third kappa shape index (κ3) is 3.30. The molecule has 1 saturated heterocycles. The molecule has 1 aliphatic heterocycles. The number of urea groups is 1. The number of benzene rings is 1. The van der Waals surface area contributed by atoms with Gasteiger partial charge in [0.15, 0.2) is 11.5 Å². The van der Waals surface area contributed by atoms with Crippen LogP contribution in [-0.4, -0.2) is 47.8 Å². The summed E-state index contributed by atoms with van der Waals surface area (Å²) in [6.45, 7) is 3.10. The molecule has 1 aromatic rings. The molecule has 1 fully saturated rings. The Bertz CT molecular complexity index is 799. The molecule has 1 aliphatic rings. The molecular formula is C18H20N2O6. The Kier molecular flexibility index (Phi) is 5.76. The van der Waals surface area contributed by atoms with Gasteiger partial charge in [-0.1, -0.05) is 19.9 Å². The minimum atomic E-state index is -0.944. The molecule has 138 valence electrons. The van der Waals surface area contributed by atoms with Crippen LogP contribution in [0.1, 0.15) is 32.3 Å². The zero-order chi connectivity index (χ0) is 19.4. The number of methoxy groups -OCH3 is 2. The van der Waals surface area contributed by atoms with E-state index in [1.807, 2.05) is 0 Å². The van der Waals surface area contributed by atoms with E-state index in [0.29, 0.717) is 22.0 Å². The van der Waals surface area contributed by atoms with E-state index >= 15 is 0 Å². The second-order valence-electron chi connectivity index (χ2n) is 5.40. The summed E-state index contributed by atoms with van der Waals surface area (Å²) < 4.78 is 10.4. The average Bonchev–Trinajstić information content (AvgIpc) is 2.90. The van der Waals surface area contributed by atoms with Crippen LogP contribution in [0.15, 0.2) is 23.9 Å². The van der Waals surface area contributed by atoms with E-state index in [1.54, 1.807) is 25.1 Å². The van der Waals surface area contributed by atoms with Gasteiger partial charge in [-0.25, -0.2) is 9.69 Å². The SMILES string of the molecule is CCC(=O)N1C(=O)/C(=C/c2ccc(OC)c(OC)c2)N(C(=O)CC)C1=O. The first-order chi connectivity index (χ1) is 12.4. The molecule has 8 heteroatoms. The van der Waals surface area contributed by atoms with Gasteiger partial charge in [-0.3, -0.25) is 14.4 Å². The van der Waals surface area contributed by atoms with Crippen molar-refractivity contribution in [1.29, 1.82) is 0 Å². The number of imide groups is 4.